The minimum Gasteiger partial charge on any atom is -0.423 e. The van der Waals surface area contributed by atoms with Crippen LogP contribution in [0.25, 0.3) is 11.0 Å². The van der Waals surface area contributed by atoms with E-state index in [1.54, 1.807) is 43.3 Å². The second-order valence-corrected chi connectivity index (χ2v) is 8.17. The fraction of sp³-hybridized carbons (Fsp3) is 0.158. The van der Waals surface area contributed by atoms with Crippen LogP contribution in [0.4, 0.5) is 11.4 Å². The van der Waals surface area contributed by atoms with Crippen LogP contribution in [0.5, 0.6) is 0 Å². The third kappa shape index (κ3) is 3.85. The van der Waals surface area contributed by atoms with Gasteiger partial charge in [-0.3, -0.25) is 9.10 Å². The Hall–Kier alpha value is -3.13. The molecule has 1 amide bonds. The predicted octanol–water partition coefficient (Wildman–Crippen LogP) is 2.75. The minimum absolute atomic E-state index is 0.205. The number of rotatable bonds is 4. The lowest BCUT2D eigenvalue weighted by atomic mass is 10.1. The number of anilines is 2. The first-order valence-electron chi connectivity index (χ1n) is 8.05. The van der Waals surface area contributed by atoms with E-state index < -0.39 is 21.6 Å². The summed E-state index contributed by atoms with van der Waals surface area (Å²) in [4.78, 5) is 24.3. The Kier molecular flexibility index (Phi) is 4.75. The van der Waals surface area contributed by atoms with Crippen molar-refractivity contribution in [2.45, 2.75) is 6.92 Å². The van der Waals surface area contributed by atoms with Gasteiger partial charge in [-0.05, 0) is 36.8 Å². The number of benzene rings is 2. The number of hydrogen-bond donors (Lipinski definition) is 1. The molecule has 1 aromatic heterocycles. The third-order valence-electron chi connectivity index (χ3n) is 4.19. The van der Waals surface area contributed by atoms with E-state index >= 15 is 0 Å². The average molecular weight is 386 g/mol. The molecule has 27 heavy (non-hydrogen) atoms. The molecule has 1 heterocycles. The summed E-state index contributed by atoms with van der Waals surface area (Å²) in [5.41, 5.74) is 1.57. The first-order valence-corrected chi connectivity index (χ1v) is 9.90. The summed E-state index contributed by atoms with van der Waals surface area (Å²) in [5, 5.41) is 3.48. The molecule has 0 aliphatic carbocycles. The van der Waals surface area contributed by atoms with Gasteiger partial charge in [0, 0.05) is 30.3 Å². The van der Waals surface area contributed by atoms with E-state index in [9.17, 15) is 18.0 Å². The third-order valence-corrected chi connectivity index (χ3v) is 5.39. The van der Waals surface area contributed by atoms with Crippen LogP contribution < -0.4 is 15.2 Å². The van der Waals surface area contributed by atoms with Gasteiger partial charge in [0.05, 0.1) is 17.5 Å². The van der Waals surface area contributed by atoms with Gasteiger partial charge in [0.1, 0.15) is 5.58 Å². The van der Waals surface area contributed by atoms with E-state index in [1.165, 1.54) is 19.2 Å². The zero-order valence-electron chi connectivity index (χ0n) is 15.0. The van der Waals surface area contributed by atoms with Crippen LogP contribution in [0.1, 0.15) is 15.9 Å². The molecule has 0 bridgehead atoms. The van der Waals surface area contributed by atoms with Crippen LogP contribution in [0.3, 0.4) is 0 Å². The molecule has 0 radical (unpaired) electrons. The Labute approximate surface area is 156 Å². The summed E-state index contributed by atoms with van der Waals surface area (Å²) < 4.78 is 29.9. The van der Waals surface area contributed by atoms with Crippen molar-refractivity contribution in [1.29, 1.82) is 0 Å². The molecule has 3 aromatic rings. The van der Waals surface area contributed by atoms with E-state index in [2.05, 4.69) is 5.32 Å². The molecular formula is C19H18N2O5S. The number of fused-ring (bicyclic) bond motifs is 1. The number of amides is 1. The number of carbonyl (C=O) groups excluding carboxylic acids is 1. The number of carbonyl (C=O) groups is 1. The molecular weight excluding hydrogens is 368 g/mol. The summed E-state index contributed by atoms with van der Waals surface area (Å²) >= 11 is 0. The second kappa shape index (κ2) is 6.88. The maximum atomic E-state index is 12.7. The van der Waals surface area contributed by atoms with Crippen molar-refractivity contribution in [1.82, 2.24) is 0 Å². The van der Waals surface area contributed by atoms with Crippen molar-refractivity contribution >= 4 is 38.3 Å². The normalized spacial score (nSPS) is 11.4. The zero-order valence-corrected chi connectivity index (χ0v) is 15.8. The van der Waals surface area contributed by atoms with Crippen LogP contribution in [-0.4, -0.2) is 27.6 Å². The molecule has 0 spiro atoms. The fourth-order valence-corrected chi connectivity index (χ4v) is 3.24. The number of nitrogens with zero attached hydrogens (tertiary/aromatic N) is 1. The number of sulfonamides is 1. The van der Waals surface area contributed by atoms with Crippen molar-refractivity contribution in [3.63, 3.8) is 0 Å². The Morgan fingerprint density at radius 1 is 1.11 bits per heavy atom. The Morgan fingerprint density at radius 2 is 1.81 bits per heavy atom. The molecule has 0 atom stereocenters. The summed E-state index contributed by atoms with van der Waals surface area (Å²) in [5.74, 6) is -0.476. The van der Waals surface area contributed by atoms with E-state index in [0.29, 0.717) is 11.3 Å². The second-order valence-electron chi connectivity index (χ2n) is 6.16. The molecule has 0 aliphatic rings. The van der Waals surface area contributed by atoms with Crippen LogP contribution in [-0.2, 0) is 10.0 Å². The molecule has 0 unspecified atom stereocenters. The SMILES string of the molecule is Cc1cc(=O)oc2cc(NC(=O)c3ccccc3N(C)S(C)(=O)=O)ccc12. The highest BCUT2D eigenvalue weighted by molar-refractivity contribution is 7.92. The first kappa shape index (κ1) is 18.7. The van der Waals surface area contributed by atoms with Gasteiger partial charge in [-0.1, -0.05) is 12.1 Å². The molecule has 0 saturated heterocycles. The molecule has 3 rings (SSSR count). The quantitative estimate of drug-likeness (QED) is 0.696. The Balaban J connectivity index is 1.97. The van der Waals surface area contributed by atoms with Crippen LogP contribution in [0.2, 0.25) is 0 Å². The first-order chi connectivity index (χ1) is 12.7. The molecule has 1 N–H and O–H groups in total. The van der Waals surface area contributed by atoms with Gasteiger partial charge in [0.15, 0.2) is 0 Å². The maximum absolute atomic E-state index is 12.7. The van der Waals surface area contributed by atoms with Crippen molar-refractivity contribution in [3.8, 4) is 0 Å². The molecule has 0 aliphatic heterocycles. The summed E-state index contributed by atoms with van der Waals surface area (Å²) in [6.07, 6.45) is 1.06. The van der Waals surface area contributed by atoms with Gasteiger partial charge in [0.2, 0.25) is 10.0 Å². The average Bonchev–Trinajstić information content (AvgIpc) is 2.59. The monoisotopic (exact) mass is 386 g/mol. The molecule has 0 fully saturated rings. The van der Waals surface area contributed by atoms with E-state index in [1.807, 2.05) is 0 Å². The van der Waals surface area contributed by atoms with Crippen molar-refractivity contribution in [3.05, 3.63) is 70.1 Å². The summed E-state index contributed by atoms with van der Waals surface area (Å²) in [6.45, 7) is 1.80. The standard InChI is InChI=1S/C19H18N2O5S/c1-12-10-18(22)26-17-11-13(8-9-14(12)17)20-19(23)15-6-4-5-7-16(15)21(2)27(3,24)25/h4-11H,1-3H3,(H,20,23). The fourth-order valence-electron chi connectivity index (χ4n) is 2.72. The highest BCUT2D eigenvalue weighted by atomic mass is 32.2. The smallest absolute Gasteiger partial charge is 0.336 e. The lowest BCUT2D eigenvalue weighted by Crippen LogP contribution is -2.27. The van der Waals surface area contributed by atoms with Gasteiger partial charge in [0.25, 0.3) is 5.91 Å². The maximum Gasteiger partial charge on any atom is 0.336 e. The summed E-state index contributed by atoms with van der Waals surface area (Å²) in [6, 6.07) is 12.8. The van der Waals surface area contributed by atoms with Gasteiger partial charge in [-0.25, -0.2) is 13.2 Å². The summed E-state index contributed by atoms with van der Waals surface area (Å²) in [7, 11) is -2.14. The van der Waals surface area contributed by atoms with E-state index in [4.69, 9.17) is 4.42 Å². The van der Waals surface area contributed by atoms with E-state index in [-0.39, 0.29) is 11.3 Å². The van der Waals surface area contributed by atoms with Crippen LogP contribution >= 0.6 is 0 Å². The van der Waals surface area contributed by atoms with Gasteiger partial charge in [-0.15, -0.1) is 0 Å². The molecule has 8 heteroatoms. The zero-order chi connectivity index (χ0) is 19.8. The van der Waals surface area contributed by atoms with E-state index in [0.717, 1.165) is 21.5 Å². The molecule has 140 valence electrons. The predicted molar refractivity (Wildman–Crippen MR) is 105 cm³/mol. The van der Waals surface area contributed by atoms with Crippen LogP contribution in [0, 0.1) is 6.92 Å². The van der Waals surface area contributed by atoms with Gasteiger partial charge >= 0.3 is 5.63 Å². The number of para-hydroxylation sites is 1. The van der Waals surface area contributed by atoms with Gasteiger partial charge in [-0.2, -0.15) is 0 Å². The van der Waals surface area contributed by atoms with Crippen LogP contribution in [0.15, 0.2) is 57.7 Å². The largest absolute Gasteiger partial charge is 0.423 e. The lowest BCUT2D eigenvalue weighted by molar-refractivity contribution is 0.102. The minimum atomic E-state index is -3.52. The van der Waals surface area contributed by atoms with Crippen molar-refractivity contribution in [2.75, 3.05) is 22.9 Å². The molecule has 0 saturated carbocycles. The highest BCUT2D eigenvalue weighted by Gasteiger charge is 2.19. The number of aryl methyl sites for hydroxylation is 1. The number of hydrogen-bond acceptors (Lipinski definition) is 5. The lowest BCUT2D eigenvalue weighted by Gasteiger charge is -2.19. The Morgan fingerprint density at radius 3 is 2.52 bits per heavy atom. The Bertz CT molecular complexity index is 1200. The van der Waals surface area contributed by atoms with Crippen molar-refractivity contribution in [2.24, 2.45) is 0 Å². The van der Waals surface area contributed by atoms with Gasteiger partial charge < -0.3 is 9.73 Å². The number of nitrogens with one attached hydrogen (secondary N) is 1. The molecule has 2 aromatic carbocycles. The topological polar surface area (TPSA) is 96.7 Å². The van der Waals surface area contributed by atoms with Crippen molar-refractivity contribution < 1.29 is 17.6 Å². The molecule has 7 nitrogen and oxygen atoms in total. The highest BCUT2D eigenvalue weighted by Crippen LogP contribution is 2.24.